The molecule has 242 valence electrons. The number of anilines is 1. The van der Waals surface area contributed by atoms with E-state index in [0.29, 0.717) is 17.0 Å². The quantitative estimate of drug-likeness (QED) is 0.197. The maximum absolute atomic E-state index is 13.1. The van der Waals surface area contributed by atoms with Crippen LogP contribution in [0.25, 0.3) is 0 Å². The van der Waals surface area contributed by atoms with Gasteiger partial charge in [0.15, 0.2) is 11.5 Å². The predicted octanol–water partition coefficient (Wildman–Crippen LogP) is 5.55. The van der Waals surface area contributed by atoms with Crippen LogP contribution in [-0.4, -0.2) is 52.2 Å². The Morgan fingerprint density at radius 1 is 1.04 bits per heavy atom. The average molecular weight is 689 g/mol. The molecule has 0 radical (unpaired) electrons. The number of rotatable bonds is 15. The van der Waals surface area contributed by atoms with Crippen LogP contribution >= 0.6 is 23.2 Å². The molecule has 0 spiro atoms. The number of carbonyl (C=O) groups excluding carboxylic acids is 2. The van der Waals surface area contributed by atoms with E-state index in [0.717, 1.165) is 12.8 Å². The minimum absolute atomic E-state index is 0.0165. The van der Waals surface area contributed by atoms with Crippen LogP contribution in [0.4, 0.5) is 14.5 Å². The maximum atomic E-state index is 13.1. The lowest BCUT2D eigenvalue weighted by atomic mass is 10.0. The standard InChI is InChI=1S/C29H29Cl2F2N3O8S/c1-16(37)36-23-10-19(6-8-24(23)41-2)45(39,40)35-14-28(38)43-26(11-20-21(30)12-34-13-22(20)31)18-5-7-25(44-29(32)33)27(9-18)42-15-17-3-4-17/h5-10,12-13,17,26,29,35H,3-4,11,14-15H2,1-2H3,(H,36,37). The number of benzene rings is 2. The van der Waals surface area contributed by atoms with E-state index in [2.05, 4.69) is 19.8 Å². The fourth-order valence-electron chi connectivity index (χ4n) is 4.15. The van der Waals surface area contributed by atoms with Crippen LogP contribution in [0.1, 0.15) is 37.0 Å². The molecule has 1 aliphatic rings. The van der Waals surface area contributed by atoms with E-state index in [-0.39, 0.29) is 50.9 Å². The van der Waals surface area contributed by atoms with Crippen molar-refractivity contribution in [2.24, 2.45) is 5.92 Å². The summed E-state index contributed by atoms with van der Waals surface area (Å²) in [5.41, 5.74) is 0.807. The van der Waals surface area contributed by atoms with Gasteiger partial charge in [0, 0.05) is 25.7 Å². The third kappa shape index (κ3) is 9.63. The smallest absolute Gasteiger partial charge is 0.387 e. The number of aromatic nitrogens is 1. The number of halogens is 4. The Kier molecular flexibility index (Phi) is 11.4. The highest BCUT2D eigenvalue weighted by molar-refractivity contribution is 7.89. The Labute approximate surface area is 268 Å². The summed E-state index contributed by atoms with van der Waals surface area (Å²) in [6.07, 6.45) is 3.41. The van der Waals surface area contributed by atoms with Crippen LogP contribution < -0.4 is 24.2 Å². The van der Waals surface area contributed by atoms with Gasteiger partial charge in [0.05, 0.1) is 34.3 Å². The van der Waals surface area contributed by atoms with E-state index in [1.165, 1.54) is 62.8 Å². The summed E-state index contributed by atoms with van der Waals surface area (Å²) in [6, 6.07) is 7.84. The summed E-state index contributed by atoms with van der Waals surface area (Å²) < 4.78 is 75.5. The lowest BCUT2D eigenvalue weighted by Gasteiger charge is -2.22. The molecule has 1 unspecified atom stereocenters. The van der Waals surface area contributed by atoms with Crippen molar-refractivity contribution in [3.8, 4) is 17.2 Å². The number of nitrogens with one attached hydrogen (secondary N) is 2. The summed E-state index contributed by atoms with van der Waals surface area (Å²) in [6.45, 7) is -2.35. The van der Waals surface area contributed by atoms with E-state index >= 15 is 0 Å². The maximum Gasteiger partial charge on any atom is 0.387 e. The molecule has 16 heteroatoms. The number of carbonyl (C=O) groups is 2. The Bertz CT molecular complexity index is 1640. The SMILES string of the molecule is COc1ccc(S(=O)(=O)NCC(=O)OC(Cc2c(Cl)cncc2Cl)c2ccc(OC(F)F)c(OCC3CC3)c2)cc1NC(C)=O. The number of esters is 1. The van der Waals surface area contributed by atoms with Gasteiger partial charge >= 0.3 is 12.6 Å². The van der Waals surface area contributed by atoms with Crippen LogP contribution in [0, 0.1) is 5.92 Å². The minimum atomic E-state index is -4.26. The van der Waals surface area contributed by atoms with Gasteiger partial charge in [-0.1, -0.05) is 29.3 Å². The van der Waals surface area contributed by atoms with Crippen LogP contribution in [0.15, 0.2) is 53.7 Å². The summed E-state index contributed by atoms with van der Waals surface area (Å²) in [5, 5.41) is 2.84. The number of hydrogen-bond donors (Lipinski definition) is 2. The predicted molar refractivity (Wildman–Crippen MR) is 161 cm³/mol. The van der Waals surface area contributed by atoms with Gasteiger partial charge in [0.2, 0.25) is 15.9 Å². The van der Waals surface area contributed by atoms with Gasteiger partial charge in [-0.05, 0) is 60.2 Å². The fourth-order valence-corrected chi connectivity index (χ4v) is 5.66. The van der Waals surface area contributed by atoms with Crippen LogP contribution in [0.3, 0.4) is 0 Å². The topological polar surface area (TPSA) is 142 Å². The molecule has 2 aromatic carbocycles. The molecule has 3 aromatic rings. The van der Waals surface area contributed by atoms with Crippen molar-refractivity contribution in [2.75, 3.05) is 25.6 Å². The van der Waals surface area contributed by atoms with Crippen LogP contribution in [0.2, 0.25) is 10.0 Å². The second-order valence-electron chi connectivity index (χ2n) is 9.97. The Morgan fingerprint density at radius 2 is 1.73 bits per heavy atom. The van der Waals surface area contributed by atoms with Crippen molar-refractivity contribution >= 4 is 50.8 Å². The number of amides is 1. The Hall–Kier alpha value is -3.72. The highest BCUT2D eigenvalue weighted by Gasteiger charge is 2.27. The van der Waals surface area contributed by atoms with Crippen molar-refractivity contribution in [2.45, 2.75) is 43.8 Å². The fraction of sp³-hybridized carbons (Fsp3) is 0.345. The first-order chi connectivity index (χ1) is 21.4. The number of alkyl halides is 2. The second-order valence-corrected chi connectivity index (χ2v) is 12.6. The number of ether oxygens (including phenoxy) is 4. The van der Waals surface area contributed by atoms with E-state index < -0.39 is 41.2 Å². The molecule has 0 aliphatic heterocycles. The minimum Gasteiger partial charge on any atom is -0.495 e. The number of pyridine rings is 1. The summed E-state index contributed by atoms with van der Waals surface area (Å²) >= 11 is 12.6. The van der Waals surface area contributed by atoms with Gasteiger partial charge in [0.25, 0.3) is 0 Å². The van der Waals surface area contributed by atoms with Crippen molar-refractivity contribution in [1.82, 2.24) is 9.71 Å². The first-order valence-corrected chi connectivity index (χ1v) is 15.7. The normalized spacial score (nSPS) is 13.7. The Morgan fingerprint density at radius 3 is 2.36 bits per heavy atom. The highest BCUT2D eigenvalue weighted by atomic mass is 35.5. The molecular formula is C29H29Cl2F2N3O8S. The summed E-state index contributed by atoms with van der Waals surface area (Å²) in [4.78, 5) is 28.2. The van der Waals surface area contributed by atoms with Gasteiger partial charge in [0.1, 0.15) is 18.4 Å². The molecule has 11 nitrogen and oxygen atoms in total. The van der Waals surface area contributed by atoms with Crippen molar-refractivity contribution in [3.63, 3.8) is 0 Å². The van der Waals surface area contributed by atoms with Crippen molar-refractivity contribution in [3.05, 3.63) is 70.0 Å². The van der Waals surface area contributed by atoms with E-state index in [9.17, 15) is 26.8 Å². The number of methoxy groups -OCH3 is 1. The number of nitrogens with zero attached hydrogens (tertiary/aromatic N) is 1. The molecule has 1 heterocycles. The monoisotopic (exact) mass is 687 g/mol. The molecule has 0 bridgehead atoms. The molecule has 45 heavy (non-hydrogen) atoms. The third-order valence-electron chi connectivity index (χ3n) is 6.54. The van der Waals surface area contributed by atoms with Gasteiger partial charge in [-0.15, -0.1) is 0 Å². The molecule has 2 N–H and O–H groups in total. The molecule has 1 amide bonds. The molecule has 1 atom stereocenters. The zero-order valence-electron chi connectivity index (χ0n) is 24.0. The van der Waals surface area contributed by atoms with Gasteiger partial charge in [-0.2, -0.15) is 13.5 Å². The number of hydrogen-bond acceptors (Lipinski definition) is 9. The van der Waals surface area contributed by atoms with Gasteiger partial charge < -0.3 is 24.3 Å². The molecule has 1 saturated carbocycles. The van der Waals surface area contributed by atoms with Crippen molar-refractivity contribution in [1.29, 1.82) is 0 Å². The number of sulfonamides is 1. The lowest BCUT2D eigenvalue weighted by molar-refractivity contribution is -0.148. The summed E-state index contributed by atoms with van der Waals surface area (Å²) in [5.74, 6) is -1.09. The second kappa shape index (κ2) is 15.0. The molecule has 4 rings (SSSR count). The molecular weight excluding hydrogens is 659 g/mol. The zero-order valence-corrected chi connectivity index (χ0v) is 26.3. The zero-order chi connectivity index (χ0) is 32.7. The Balaban J connectivity index is 1.57. The molecule has 1 aromatic heterocycles. The highest BCUT2D eigenvalue weighted by Crippen LogP contribution is 2.38. The first kappa shape index (κ1) is 34.2. The third-order valence-corrected chi connectivity index (χ3v) is 8.59. The largest absolute Gasteiger partial charge is 0.495 e. The summed E-state index contributed by atoms with van der Waals surface area (Å²) in [7, 11) is -2.91. The molecule has 0 saturated heterocycles. The molecule has 1 aliphatic carbocycles. The molecule has 1 fully saturated rings. The van der Waals surface area contributed by atoms with E-state index in [1.807, 2.05) is 0 Å². The first-order valence-electron chi connectivity index (χ1n) is 13.5. The average Bonchev–Trinajstić information content (AvgIpc) is 3.81. The van der Waals surface area contributed by atoms with E-state index in [4.69, 9.17) is 37.4 Å². The van der Waals surface area contributed by atoms with Gasteiger partial charge in [-0.25, -0.2) is 8.42 Å². The lowest BCUT2D eigenvalue weighted by Crippen LogP contribution is -2.31. The van der Waals surface area contributed by atoms with Gasteiger partial charge in [-0.3, -0.25) is 14.6 Å². The van der Waals surface area contributed by atoms with Crippen molar-refractivity contribution < 1.29 is 45.7 Å². The van der Waals surface area contributed by atoms with E-state index in [1.54, 1.807) is 0 Å². The van der Waals surface area contributed by atoms with Crippen LogP contribution in [-0.2, 0) is 30.8 Å². The van der Waals surface area contributed by atoms with Crippen LogP contribution in [0.5, 0.6) is 17.2 Å².